The number of nitrogens with zero attached hydrogens (tertiary/aromatic N) is 1. The maximum atomic E-state index is 11.2. The van der Waals surface area contributed by atoms with Crippen molar-refractivity contribution in [3.05, 3.63) is 28.8 Å². The maximum absolute atomic E-state index is 11.2. The van der Waals surface area contributed by atoms with E-state index in [-0.39, 0.29) is 0 Å². The molecular formula is C18H25NO5. The zero-order chi connectivity index (χ0) is 17.7. The molecule has 1 aliphatic rings. The number of hydrogen-bond donors (Lipinski definition) is 2. The second-order valence-corrected chi connectivity index (χ2v) is 6.44. The first-order valence-electron chi connectivity index (χ1n) is 8.33. The van der Waals surface area contributed by atoms with Crippen LogP contribution in [0.2, 0.25) is 0 Å². The van der Waals surface area contributed by atoms with Crippen LogP contribution in [0.3, 0.4) is 0 Å². The van der Waals surface area contributed by atoms with Crippen molar-refractivity contribution < 1.29 is 24.5 Å². The van der Waals surface area contributed by atoms with Gasteiger partial charge in [-0.15, -0.1) is 0 Å². The monoisotopic (exact) mass is 335 g/mol. The number of carboxylic acids is 1. The number of carboxylic acid groups (broad SMARTS) is 2. The fourth-order valence-corrected chi connectivity index (χ4v) is 3.32. The lowest BCUT2D eigenvalue weighted by Gasteiger charge is -2.29. The Hall–Kier alpha value is -2.24. The standard InChI is InChI=1S/C18H25NO5/c1-12-10-15(11-13(2)16(12)17(20)21)24-9-3-4-14-5-7-19(8-6-14)18(22)23/h10-11,14H,3-9H2,1-2H3,(H,20,21)(H,22,23). The number of aryl methyl sites for hydroxylation is 2. The molecule has 2 rings (SSSR count). The molecule has 6 heteroatoms. The Kier molecular flexibility index (Phi) is 6.06. The van der Waals surface area contributed by atoms with E-state index in [0.717, 1.165) is 25.7 Å². The fraction of sp³-hybridized carbons (Fsp3) is 0.556. The predicted octanol–water partition coefficient (Wildman–Crippen LogP) is 3.55. The van der Waals surface area contributed by atoms with Crippen molar-refractivity contribution in [2.24, 2.45) is 5.92 Å². The Labute approximate surface area is 142 Å². The summed E-state index contributed by atoms with van der Waals surface area (Å²) in [4.78, 5) is 23.5. The summed E-state index contributed by atoms with van der Waals surface area (Å²) >= 11 is 0. The van der Waals surface area contributed by atoms with Crippen LogP contribution in [0.15, 0.2) is 12.1 Å². The molecule has 0 radical (unpaired) electrons. The van der Waals surface area contributed by atoms with Crippen LogP contribution in [-0.4, -0.2) is 46.9 Å². The van der Waals surface area contributed by atoms with E-state index in [9.17, 15) is 9.59 Å². The zero-order valence-corrected chi connectivity index (χ0v) is 14.2. The molecular weight excluding hydrogens is 310 g/mol. The molecule has 1 heterocycles. The summed E-state index contributed by atoms with van der Waals surface area (Å²) in [5.41, 5.74) is 1.75. The minimum atomic E-state index is -0.913. The summed E-state index contributed by atoms with van der Waals surface area (Å²) in [5, 5.41) is 18.1. The van der Waals surface area contributed by atoms with Crippen LogP contribution >= 0.6 is 0 Å². The number of amides is 1. The van der Waals surface area contributed by atoms with Gasteiger partial charge in [-0.3, -0.25) is 0 Å². The molecule has 2 N–H and O–H groups in total. The molecule has 1 aliphatic heterocycles. The third kappa shape index (κ3) is 4.63. The van der Waals surface area contributed by atoms with Gasteiger partial charge in [0.15, 0.2) is 0 Å². The van der Waals surface area contributed by atoms with Gasteiger partial charge < -0.3 is 19.8 Å². The highest BCUT2D eigenvalue weighted by atomic mass is 16.5. The van der Waals surface area contributed by atoms with Crippen molar-refractivity contribution in [2.75, 3.05) is 19.7 Å². The third-order valence-electron chi connectivity index (χ3n) is 4.63. The number of hydrogen-bond acceptors (Lipinski definition) is 3. The van der Waals surface area contributed by atoms with E-state index >= 15 is 0 Å². The number of piperidine rings is 1. The first kappa shape index (κ1) is 18.1. The Bertz CT molecular complexity index is 582. The molecule has 0 spiro atoms. The molecule has 132 valence electrons. The Morgan fingerprint density at radius 1 is 1.17 bits per heavy atom. The van der Waals surface area contributed by atoms with Gasteiger partial charge in [0.2, 0.25) is 0 Å². The quantitative estimate of drug-likeness (QED) is 0.776. The molecule has 1 fully saturated rings. The SMILES string of the molecule is Cc1cc(OCCCC2CCN(C(=O)O)CC2)cc(C)c1C(=O)O. The number of aromatic carboxylic acids is 1. The van der Waals surface area contributed by atoms with Gasteiger partial charge in [-0.1, -0.05) is 0 Å². The highest BCUT2D eigenvalue weighted by molar-refractivity contribution is 5.91. The maximum Gasteiger partial charge on any atom is 0.407 e. The van der Waals surface area contributed by atoms with Gasteiger partial charge in [0.05, 0.1) is 12.2 Å². The molecule has 0 aromatic heterocycles. The smallest absolute Gasteiger partial charge is 0.407 e. The number of carbonyl (C=O) groups is 2. The summed E-state index contributed by atoms with van der Waals surface area (Å²) in [5.74, 6) is 0.349. The summed E-state index contributed by atoms with van der Waals surface area (Å²) in [6.45, 7) is 5.38. The van der Waals surface area contributed by atoms with E-state index in [1.54, 1.807) is 26.0 Å². The molecule has 1 amide bonds. The lowest BCUT2D eigenvalue weighted by Crippen LogP contribution is -2.37. The minimum Gasteiger partial charge on any atom is -0.494 e. The average Bonchev–Trinajstić information content (AvgIpc) is 2.51. The van der Waals surface area contributed by atoms with E-state index in [4.69, 9.17) is 14.9 Å². The van der Waals surface area contributed by atoms with Gasteiger partial charge >= 0.3 is 12.1 Å². The van der Waals surface area contributed by atoms with E-state index < -0.39 is 12.1 Å². The van der Waals surface area contributed by atoms with Crippen molar-refractivity contribution in [1.29, 1.82) is 0 Å². The summed E-state index contributed by atoms with van der Waals surface area (Å²) in [6, 6.07) is 3.53. The van der Waals surface area contributed by atoms with Gasteiger partial charge in [0.1, 0.15) is 5.75 Å². The number of rotatable bonds is 6. The number of ether oxygens (including phenoxy) is 1. The van der Waals surface area contributed by atoms with Crippen LogP contribution in [0.4, 0.5) is 4.79 Å². The summed E-state index contributed by atoms with van der Waals surface area (Å²) in [6.07, 6.45) is 2.94. The first-order valence-corrected chi connectivity index (χ1v) is 8.33. The molecule has 1 aromatic rings. The molecule has 1 aromatic carbocycles. The number of benzene rings is 1. The summed E-state index contributed by atoms with van der Waals surface area (Å²) < 4.78 is 5.76. The minimum absolute atomic E-state index is 0.340. The van der Waals surface area contributed by atoms with Gasteiger partial charge in [-0.25, -0.2) is 9.59 Å². The van der Waals surface area contributed by atoms with Crippen molar-refractivity contribution in [3.8, 4) is 5.75 Å². The van der Waals surface area contributed by atoms with Crippen molar-refractivity contribution in [2.45, 2.75) is 39.5 Å². The fourth-order valence-electron chi connectivity index (χ4n) is 3.32. The van der Waals surface area contributed by atoms with Gasteiger partial charge in [0, 0.05) is 13.1 Å². The lowest BCUT2D eigenvalue weighted by atomic mass is 9.92. The molecule has 0 saturated carbocycles. The van der Waals surface area contributed by atoms with E-state index in [2.05, 4.69) is 0 Å². The second kappa shape index (κ2) is 8.04. The number of likely N-dealkylation sites (tertiary alicyclic amines) is 1. The third-order valence-corrected chi connectivity index (χ3v) is 4.63. The Morgan fingerprint density at radius 2 is 1.75 bits per heavy atom. The van der Waals surface area contributed by atoms with Crippen molar-refractivity contribution >= 4 is 12.1 Å². The molecule has 0 atom stereocenters. The van der Waals surface area contributed by atoms with E-state index in [1.165, 1.54) is 4.90 Å². The highest BCUT2D eigenvalue weighted by Crippen LogP contribution is 2.24. The first-order chi connectivity index (χ1) is 11.4. The van der Waals surface area contributed by atoms with Gasteiger partial charge in [-0.2, -0.15) is 0 Å². The molecule has 0 aliphatic carbocycles. The lowest BCUT2D eigenvalue weighted by molar-refractivity contribution is 0.0695. The van der Waals surface area contributed by atoms with Gasteiger partial charge in [-0.05, 0) is 68.7 Å². The van der Waals surface area contributed by atoms with Crippen LogP contribution in [0.5, 0.6) is 5.75 Å². The zero-order valence-electron chi connectivity index (χ0n) is 14.2. The van der Waals surface area contributed by atoms with Gasteiger partial charge in [0.25, 0.3) is 0 Å². The topological polar surface area (TPSA) is 87.1 Å². The molecule has 24 heavy (non-hydrogen) atoms. The van der Waals surface area contributed by atoms with Crippen LogP contribution in [-0.2, 0) is 0 Å². The normalized spacial score (nSPS) is 15.3. The predicted molar refractivity (Wildman–Crippen MR) is 89.9 cm³/mol. The molecule has 0 bridgehead atoms. The van der Waals surface area contributed by atoms with E-state index in [1.807, 2.05) is 0 Å². The molecule has 6 nitrogen and oxygen atoms in total. The average molecular weight is 335 g/mol. The second-order valence-electron chi connectivity index (χ2n) is 6.44. The van der Waals surface area contributed by atoms with Crippen LogP contribution < -0.4 is 4.74 Å². The van der Waals surface area contributed by atoms with Crippen LogP contribution in [0.25, 0.3) is 0 Å². The van der Waals surface area contributed by atoms with E-state index in [0.29, 0.717) is 48.1 Å². The van der Waals surface area contributed by atoms with Crippen molar-refractivity contribution in [3.63, 3.8) is 0 Å². The van der Waals surface area contributed by atoms with Crippen molar-refractivity contribution in [1.82, 2.24) is 4.90 Å². The van der Waals surface area contributed by atoms with Crippen LogP contribution in [0, 0.1) is 19.8 Å². The highest BCUT2D eigenvalue weighted by Gasteiger charge is 2.21. The molecule has 0 unspecified atom stereocenters. The molecule has 1 saturated heterocycles. The van der Waals surface area contributed by atoms with Crippen LogP contribution in [0.1, 0.15) is 47.2 Å². The Morgan fingerprint density at radius 3 is 2.25 bits per heavy atom. The Balaban J connectivity index is 1.75. The largest absolute Gasteiger partial charge is 0.494 e. The summed E-state index contributed by atoms with van der Waals surface area (Å²) in [7, 11) is 0.